The summed E-state index contributed by atoms with van der Waals surface area (Å²) in [4.78, 5) is 0. The van der Waals surface area contributed by atoms with Gasteiger partial charge in [0, 0.05) is 12.0 Å². The molecule has 0 bridgehead atoms. The number of hydrogen-bond donors (Lipinski definition) is 2. The molecule has 4 heteroatoms. The Kier molecular flexibility index (Phi) is 5.88. The summed E-state index contributed by atoms with van der Waals surface area (Å²) in [6.45, 7) is 3.24. The van der Waals surface area contributed by atoms with E-state index >= 15 is 0 Å². The molecule has 1 aromatic carbocycles. The number of methoxy groups -OCH3 is 1. The van der Waals surface area contributed by atoms with Gasteiger partial charge >= 0.3 is 0 Å². The van der Waals surface area contributed by atoms with Crippen LogP contribution in [0.2, 0.25) is 0 Å². The number of nitrogens with one attached hydrogen (secondary N) is 1. The van der Waals surface area contributed by atoms with Crippen molar-refractivity contribution in [2.24, 2.45) is 0 Å². The van der Waals surface area contributed by atoms with E-state index in [-0.39, 0.29) is 18.2 Å². The highest BCUT2D eigenvalue weighted by Gasteiger charge is 2.36. The summed E-state index contributed by atoms with van der Waals surface area (Å²) in [5, 5.41) is 13.3. The van der Waals surface area contributed by atoms with Crippen LogP contribution in [-0.2, 0) is 0 Å². The second-order valence-electron chi connectivity index (χ2n) is 5.85. The molecular formula is C17H27NO3. The molecule has 2 unspecified atom stereocenters. The Labute approximate surface area is 127 Å². The van der Waals surface area contributed by atoms with Crippen LogP contribution in [0.5, 0.6) is 11.5 Å². The minimum absolute atomic E-state index is 0.117. The maximum Gasteiger partial charge on any atom is 0.161 e. The first-order valence-electron chi connectivity index (χ1n) is 7.88. The van der Waals surface area contributed by atoms with Crippen molar-refractivity contribution in [2.75, 3.05) is 20.3 Å². The number of para-hydroxylation sites is 2. The van der Waals surface area contributed by atoms with Gasteiger partial charge in [0.05, 0.1) is 13.7 Å². The quantitative estimate of drug-likeness (QED) is 0.811. The molecule has 1 aliphatic carbocycles. The molecular weight excluding hydrogens is 266 g/mol. The molecule has 2 rings (SSSR count). The maximum absolute atomic E-state index is 9.81. The lowest BCUT2D eigenvalue weighted by atomic mass is 9.80. The first-order chi connectivity index (χ1) is 10.2. The highest BCUT2D eigenvalue weighted by Crippen LogP contribution is 2.34. The van der Waals surface area contributed by atoms with Gasteiger partial charge in [-0.2, -0.15) is 0 Å². The molecule has 21 heavy (non-hydrogen) atoms. The predicted octanol–water partition coefficient (Wildman–Crippen LogP) is 2.75. The molecule has 0 aromatic heterocycles. The fraction of sp³-hybridized carbons (Fsp3) is 0.647. The van der Waals surface area contributed by atoms with Gasteiger partial charge in [-0.3, -0.25) is 0 Å². The molecule has 118 valence electrons. The van der Waals surface area contributed by atoms with Crippen LogP contribution in [0, 0.1) is 0 Å². The van der Waals surface area contributed by atoms with Crippen LogP contribution >= 0.6 is 0 Å². The van der Waals surface area contributed by atoms with Crippen LogP contribution in [0.3, 0.4) is 0 Å². The number of aliphatic hydroxyl groups excluding tert-OH is 1. The van der Waals surface area contributed by atoms with Crippen molar-refractivity contribution < 1.29 is 14.6 Å². The highest BCUT2D eigenvalue weighted by atomic mass is 16.5. The Morgan fingerprint density at radius 2 is 2.10 bits per heavy atom. The second kappa shape index (κ2) is 7.66. The van der Waals surface area contributed by atoms with Gasteiger partial charge in [-0.05, 0) is 44.4 Å². The molecule has 2 N–H and O–H groups in total. The van der Waals surface area contributed by atoms with E-state index in [1.54, 1.807) is 7.11 Å². The molecule has 0 radical (unpaired) electrons. The van der Waals surface area contributed by atoms with E-state index in [1.807, 2.05) is 24.3 Å². The lowest BCUT2D eigenvalue weighted by Gasteiger charge is -2.40. The van der Waals surface area contributed by atoms with Crippen molar-refractivity contribution in [1.29, 1.82) is 0 Å². The van der Waals surface area contributed by atoms with E-state index in [9.17, 15) is 5.11 Å². The smallest absolute Gasteiger partial charge is 0.161 e. The molecule has 0 spiro atoms. The van der Waals surface area contributed by atoms with Crippen LogP contribution in [0.25, 0.3) is 0 Å². The zero-order valence-corrected chi connectivity index (χ0v) is 13.1. The summed E-state index contributed by atoms with van der Waals surface area (Å²) in [6.07, 6.45) is 5.12. The van der Waals surface area contributed by atoms with Crippen LogP contribution < -0.4 is 14.8 Å². The van der Waals surface area contributed by atoms with Gasteiger partial charge in [0.2, 0.25) is 0 Å². The lowest BCUT2D eigenvalue weighted by Crippen LogP contribution is -2.53. The molecule has 0 amide bonds. The Balaban J connectivity index is 2.03. The van der Waals surface area contributed by atoms with Gasteiger partial charge in [-0.25, -0.2) is 0 Å². The van der Waals surface area contributed by atoms with Crippen molar-refractivity contribution in [3.05, 3.63) is 24.3 Å². The summed E-state index contributed by atoms with van der Waals surface area (Å²) in [5.74, 6) is 1.55. The molecule has 1 aliphatic rings. The number of rotatable bonds is 7. The van der Waals surface area contributed by atoms with Crippen LogP contribution in [0.15, 0.2) is 24.3 Å². The zero-order valence-electron chi connectivity index (χ0n) is 13.1. The molecule has 4 nitrogen and oxygen atoms in total. The Morgan fingerprint density at radius 3 is 2.76 bits per heavy atom. The zero-order chi connectivity index (χ0) is 15.1. The molecule has 0 aliphatic heterocycles. The first kappa shape index (κ1) is 16.1. The lowest BCUT2D eigenvalue weighted by molar-refractivity contribution is 0.0498. The van der Waals surface area contributed by atoms with Gasteiger partial charge in [-0.1, -0.05) is 19.1 Å². The molecule has 1 fully saturated rings. The van der Waals surface area contributed by atoms with Crippen molar-refractivity contribution >= 4 is 0 Å². The number of benzene rings is 1. The van der Waals surface area contributed by atoms with Gasteiger partial charge < -0.3 is 19.9 Å². The van der Waals surface area contributed by atoms with Gasteiger partial charge in [0.1, 0.15) is 6.10 Å². The highest BCUT2D eigenvalue weighted by molar-refractivity contribution is 5.39. The third kappa shape index (κ3) is 4.11. The minimum Gasteiger partial charge on any atom is -0.493 e. The predicted molar refractivity (Wildman–Crippen MR) is 84.0 cm³/mol. The number of hydrogen-bond acceptors (Lipinski definition) is 4. The average molecular weight is 293 g/mol. The van der Waals surface area contributed by atoms with Crippen LogP contribution in [0.4, 0.5) is 0 Å². The van der Waals surface area contributed by atoms with Crippen molar-refractivity contribution in [2.45, 2.75) is 50.7 Å². The topological polar surface area (TPSA) is 50.7 Å². The number of ether oxygens (including phenoxy) is 2. The minimum atomic E-state index is -0.194. The van der Waals surface area contributed by atoms with E-state index in [4.69, 9.17) is 9.47 Å². The van der Waals surface area contributed by atoms with E-state index in [1.165, 1.54) is 0 Å². The fourth-order valence-electron chi connectivity index (χ4n) is 3.05. The third-order valence-electron chi connectivity index (χ3n) is 4.22. The van der Waals surface area contributed by atoms with Crippen molar-refractivity contribution in [3.8, 4) is 11.5 Å². The van der Waals surface area contributed by atoms with E-state index in [2.05, 4.69) is 12.2 Å². The monoisotopic (exact) mass is 293 g/mol. The molecule has 1 saturated carbocycles. The fourth-order valence-corrected chi connectivity index (χ4v) is 3.05. The van der Waals surface area contributed by atoms with Gasteiger partial charge in [0.15, 0.2) is 11.5 Å². The Morgan fingerprint density at radius 1 is 1.33 bits per heavy atom. The molecule has 1 aromatic rings. The SMILES string of the molecule is CCCNC1(CO)CCCC(Oc2ccccc2OC)C1. The average Bonchev–Trinajstić information content (AvgIpc) is 2.54. The van der Waals surface area contributed by atoms with Gasteiger partial charge in [0.25, 0.3) is 0 Å². The maximum atomic E-state index is 9.81. The normalized spacial score (nSPS) is 25.6. The molecule has 0 heterocycles. The summed E-state index contributed by atoms with van der Waals surface area (Å²) < 4.78 is 11.5. The number of aliphatic hydroxyl groups is 1. The largest absolute Gasteiger partial charge is 0.493 e. The summed E-state index contributed by atoms with van der Waals surface area (Å²) in [6, 6.07) is 7.74. The van der Waals surface area contributed by atoms with Crippen LogP contribution in [0.1, 0.15) is 39.0 Å². The third-order valence-corrected chi connectivity index (χ3v) is 4.22. The van der Waals surface area contributed by atoms with Crippen molar-refractivity contribution in [1.82, 2.24) is 5.32 Å². The van der Waals surface area contributed by atoms with E-state index in [0.717, 1.165) is 50.1 Å². The van der Waals surface area contributed by atoms with E-state index < -0.39 is 0 Å². The van der Waals surface area contributed by atoms with E-state index in [0.29, 0.717) is 0 Å². The molecule has 0 saturated heterocycles. The Hall–Kier alpha value is -1.26. The van der Waals surface area contributed by atoms with Crippen molar-refractivity contribution in [3.63, 3.8) is 0 Å². The standard InChI is InChI=1S/C17H27NO3/c1-3-11-18-17(13-19)10-6-7-14(12-17)21-16-9-5-4-8-15(16)20-2/h4-5,8-9,14,18-19H,3,6-7,10-13H2,1-2H3. The summed E-state index contributed by atoms with van der Waals surface area (Å²) >= 11 is 0. The first-order valence-corrected chi connectivity index (χ1v) is 7.88. The second-order valence-corrected chi connectivity index (χ2v) is 5.85. The Bertz CT molecular complexity index is 438. The summed E-state index contributed by atoms with van der Waals surface area (Å²) in [5.41, 5.74) is -0.194. The molecule has 2 atom stereocenters. The summed E-state index contributed by atoms with van der Waals surface area (Å²) in [7, 11) is 1.66. The van der Waals surface area contributed by atoms with Gasteiger partial charge in [-0.15, -0.1) is 0 Å². The van der Waals surface area contributed by atoms with Crippen LogP contribution in [-0.4, -0.2) is 37.0 Å².